The third-order valence-corrected chi connectivity index (χ3v) is 6.35. The van der Waals surface area contributed by atoms with Crippen LogP contribution in [0.2, 0.25) is 5.02 Å². The van der Waals surface area contributed by atoms with Crippen molar-refractivity contribution in [1.29, 1.82) is 0 Å². The van der Waals surface area contributed by atoms with Crippen LogP contribution in [0.4, 0.5) is 11.5 Å². The molecule has 9 heteroatoms. The number of aryl methyl sites for hydroxylation is 1. The largest absolute Gasteiger partial charge is 0.356 e. The molecule has 0 unspecified atom stereocenters. The lowest BCUT2D eigenvalue weighted by Crippen LogP contribution is -2.41. The van der Waals surface area contributed by atoms with Crippen molar-refractivity contribution in [2.75, 3.05) is 35.6 Å². The number of halogens is 1. The van der Waals surface area contributed by atoms with Gasteiger partial charge in [0.2, 0.25) is 11.8 Å². The van der Waals surface area contributed by atoms with E-state index in [1.165, 1.54) is 11.8 Å². The van der Waals surface area contributed by atoms with Crippen LogP contribution in [-0.2, 0) is 9.59 Å². The Hall–Kier alpha value is -2.32. The molecule has 2 heterocycles. The van der Waals surface area contributed by atoms with Gasteiger partial charge in [-0.15, -0.1) is 10.2 Å². The number of piperidine rings is 1. The van der Waals surface area contributed by atoms with E-state index in [1.54, 1.807) is 6.07 Å². The van der Waals surface area contributed by atoms with Gasteiger partial charge in [-0.2, -0.15) is 0 Å². The number of benzene rings is 1. The number of aromatic nitrogens is 2. The molecular weight excluding hydrogens is 434 g/mol. The van der Waals surface area contributed by atoms with Crippen LogP contribution in [-0.4, -0.2) is 47.4 Å². The van der Waals surface area contributed by atoms with Crippen LogP contribution >= 0.6 is 23.4 Å². The van der Waals surface area contributed by atoms with Crippen molar-refractivity contribution < 1.29 is 9.59 Å². The van der Waals surface area contributed by atoms with E-state index in [0.717, 1.165) is 50.3 Å². The zero-order valence-corrected chi connectivity index (χ0v) is 19.4. The second kappa shape index (κ2) is 11.3. The topological polar surface area (TPSA) is 87.2 Å². The predicted octanol–water partition coefficient (Wildman–Crippen LogP) is 3.91. The van der Waals surface area contributed by atoms with Gasteiger partial charge < -0.3 is 15.5 Å². The summed E-state index contributed by atoms with van der Waals surface area (Å²) < 4.78 is 0. The Morgan fingerprint density at radius 1 is 1.19 bits per heavy atom. The predicted molar refractivity (Wildman–Crippen MR) is 126 cm³/mol. The standard InChI is InChI=1S/C22H28ClN5O2S/c1-3-10-24-22(30)16-8-11-28(12-9-16)19-6-7-21(27-26-19)31-14-20(29)25-18-5-4-15(2)13-17(18)23/h4-7,13,16H,3,8-12,14H2,1-2H3,(H,24,30)(H,25,29). The number of nitrogens with zero attached hydrogens (tertiary/aromatic N) is 3. The van der Waals surface area contributed by atoms with Crippen molar-refractivity contribution in [1.82, 2.24) is 15.5 Å². The maximum Gasteiger partial charge on any atom is 0.234 e. The van der Waals surface area contributed by atoms with E-state index in [2.05, 4.69) is 32.7 Å². The highest BCUT2D eigenvalue weighted by molar-refractivity contribution is 7.99. The number of carbonyl (C=O) groups excluding carboxylic acids is 2. The first kappa shape index (κ1) is 23.3. The van der Waals surface area contributed by atoms with E-state index in [4.69, 9.17) is 11.6 Å². The minimum absolute atomic E-state index is 0.0751. The van der Waals surface area contributed by atoms with Crippen LogP contribution in [0.3, 0.4) is 0 Å². The summed E-state index contributed by atoms with van der Waals surface area (Å²) in [6, 6.07) is 9.31. The highest BCUT2D eigenvalue weighted by atomic mass is 35.5. The quantitative estimate of drug-likeness (QED) is 0.579. The van der Waals surface area contributed by atoms with Gasteiger partial charge in [0.1, 0.15) is 5.03 Å². The molecule has 2 amide bonds. The normalized spacial score (nSPS) is 14.4. The maximum atomic E-state index is 12.2. The summed E-state index contributed by atoms with van der Waals surface area (Å²) in [6.45, 7) is 6.30. The minimum Gasteiger partial charge on any atom is -0.356 e. The first-order chi connectivity index (χ1) is 15.0. The second-order valence-electron chi connectivity index (χ2n) is 7.60. The number of thioether (sulfide) groups is 1. The smallest absolute Gasteiger partial charge is 0.234 e. The molecule has 2 aromatic rings. The fourth-order valence-corrected chi connectivity index (χ4v) is 4.27. The van der Waals surface area contributed by atoms with E-state index >= 15 is 0 Å². The molecule has 7 nitrogen and oxygen atoms in total. The third kappa shape index (κ3) is 6.83. The zero-order valence-electron chi connectivity index (χ0n) is 17.9. The molecule has 1 aliphatic rings. The molecule has 0 atom stereocenters. The van der Waals surface area contributed by atoms with Gasteiger partial charge in [-0.1, -0.05) is 36.4 Å². The van der Waals surface area contributed by atoms with E-state index in [-0.39, 0.29) is 23.5 Å². The Morgan fingerprint density at radius 2 is 1.97 bits per heavy atom. The van der Waals surface area contributed by atoms with Gasteiger partial charge in [0.05, 0.1) is 16.5 Å². The Bertz CT molecular complexity index is 901. The fourth-order valence-electron chi connectivity index (χ4n) is 3.37. The van der Waals surface area contributed by atoms with Crippen molar-refractivity contribution in [3.8, 4) is 0 Å². The van der Waals surface area contributed by atoms with Gasteiger partial charge in [0.25, 0.3) is 0 Å². The molecule has 0 spiro atoms. The SMILES string of the molecule is CCCNC(=O)C1CCN(c2ccc(SCC(=O)Nc3ccc(C)cc3Cl)nn2)CC1. The van der Waals surface area contributed by atoms with Crippen LogP contribution in [0, 0.1) is 12.8 Å². The number of hydrogen-bond acceptors (Lipinski definition) is 6. The lowest BCUT2D eigenvalue weighted by Gasteiger charge is -2.31. The summed E-state index contributed by atoms with van der Waals surface area (Å²) >= 11 is 7.48. The molecule has 0 radical (unpaired) electrons. The second-order valence-corrected chi connectivity index (χ2v) is 9.01. The molecule has 0 saturated carbocycles. The number of carbonyl (C=O) groups is 2. The molecule has 1 aromatic carbocycles. The van der Waals surface area contributed by atoms with Gasteiger partial charge in [0, 0.05) is 25.6 Å². The molecule has 3 rings (SSSR count). The van der Waals surface area contributed by atoms with E-state index in [9.17, 15) is 9.59 Å². The van der Waals surface area contributed by atoms with E-state index < -0.39 is 0 Å². The van der Waals surface area contributed by atoms with Crippen LogP contribution in [0.25, 0.3) is 0 Å². The van der Waals surface area contributed by atoms with Crippen molar-refractivity contribution in [2.24, 2.45) is 5.92 Å². The van der Waals surface area contributed by atoms with Gasteiger partial charge in [-0.25, -0.2) is 0 Å². The van der Waals surface area contributed by atoms with E-state index in [0.29, 0.717) is 15.7 Å². The summed E-state index contributed by atoms with van der Waals surface area (Å²) in [4.78, 5) is 26.5. The molecule has 1 aromatic heterocycles. The minimum atomic E-state index is -0.148. The number of amides is 2. The molecule has 0 aliphatic carbocycles. The van der Waals surface area contributed by atoms with Crippen LogP contribution in [0.1, 0.15) is 31.7 Å². The molecule has 1 aliphatic heterocycles. The fraction of sp³-hybridized carbons (Fsp3) is 0.455. The van der Waals surface area contributed by atoms with Gasteiger partial charge in [-0.05, 0) is 56.0 Å². The molecule has 1 fully saturated rings. The average Bonchev–Trinajstić information content (AvgIpc) is 2.78. The molecule has 1 saturated heterocycles. The monoisotopic (exact) mass is 461 g/mol. The maximum absolute atomic E-state index is 12.2. The van der Waals surface area contributed by atoms with Crippen molar-refractivity contribution >= 4 is 46.7 Å². The summed E-state index contributed by atoms with van der Waals surface area (Å²) in [6.07, 6.45) is 2.58. The number of anilines is 2. The van der Waals surface area contributed by atoms with Crippen LogP contribution in [0.15, 0.2) is 35.4 Å². The Labute approximate surface area is 192 Å². The molecular formula is C22H28ClN5O2S. The van der Waals surface area contributed by atoms with E-state index in [1.807, 2.05) is 31.2 Å². The Balaban J connectivity index is 1.45. The van der Waals surface area contributed by atoms with Crippen molar-refractivity contribution in [3.05, 3.63) is 40.9 Å². The van der Waals surface area contributed by atoms with Gasteiger partial charge in [0.15, 0.2) is 5.82 Å². The van der Waals surface area contributed by atoms with Crippen LogP contribution in [0.5, 0.6) is 0 Å². The lowest BCUT2D eigenvalue weighted by molar-refractivity contribution is -0.125. The summed E-state index contributed by atoms with van der Waals surface area (Å²) in [5, 5.41) is 15.6. The van der Waals surface area contributed by atoms with Gasteiger partial charge in [-0.3, -0.25) is 9.59 Å². The highest BCUT2D eigenvalue weighted by Crippen LogP contribution is 2.25. The third-order valence-electron chi connectivity index (χ3n) is 5.11. The first-order valence-corrected chi connectivity index (χ1v) is 11.9. The average molecular weight is 462 g/mol. The molecule has 166 valence electrons. The summed E-state index contributed by atoms with van der Waals surface area (Å²) in [7, 11) is 0. The first-order valence-electron chi connectivity index (χ1n) is 10.5. The van der Waals surface area contributed by atoms with Crippen LogP contribution < -0.4 is 15.5 Å². The zero-order chi connectivity index (χ0) is 22.2. The van der Waals surface area contributed by atoms with Crippen molar-refractivity contribution in [2.45, 2.75) is 38.1 Å². The number of hydrogen-bond donors (Lipinski definition) is 2. The molecule has 2 N–H and O–H groups in total. The number of nitrogens with one attached hydrogen (secondary N) is 2. The molecule has 31 heavy (non-hydrogen) atoms. The summed E-state index contributed by atoms with van der Waals surface area (Å²) in [5.41, 5.74) is 1.64. The highest BCUT2D eigenvalue weighted by Gasteiger charge is 2.25. The lowest BCUT2D eigenvalue weighted by atomic mass is 9.96. The molecule has 0 bridgehead atoms. The summed E-state index contributed by atoms with van der Waals surface area (Å²) in [5.74, 6) is 1.10. The Morgan fingerprint density at radius 3 is 2.61 bits per heavy atom. The Kier molecular flexibility index (Phi) is 8.54. The number of rotatable bonds is 8. The van der Waals surface area contributed by atoms with Crippen molar-refractivity contribution in [3.63, 3.8) is 0 Å². The van der Waals surface area contributed by atoms with Gasteiger partial charge >= 0.3 is 0 Å².